The lowest BCUT2D eigenvalue weighted by atomic mass is 10.3. The van der Waals surface area contributed by atoms with E-state index in [4.69, 9.17) is 4.74 Å². The van der Waals surface area contributed by atoms with Crippen molar-refractivity contribution in [1.29, 1.82) is 0 Å². The zero-order valence-corrected chi connectivity index (χ0v) is 10.7. The summed E-state index contributed by atoms with van der Waals surface area (Å²) in [4.78, 5) is 0. The van der Waals surface area contributed by atoms with Gasteiger partial charge in [-0.3, -0.25) is 16.0 Å². The molecule has 0 aromatic heterocycles. The first-order valence-electron chi connectivity index (χ1n) is 5.89. The summed E-state index contributed by atoms with van der Waals surface area (Å²) in [5.41, 5.74) is 0. The molecule has 4 nitrogen and oxygen atoms in total. The van der Waals surface area contributed by atoms with Gasteiger partial charge < -0.3 is 4.74 Å². The predicted octanol–water partition coefficient (Wildman–Crippen LogP) is 1.06. The molecule has 1 unspecified atom stereocenters. The lowest BCUT2D eigenvalue weighted by Crippen LogP contribution is -2.51. The Kier molecular flexibility index (Phi) is 9.00. The summed E-state index contributed by atoms with van der Waals surface area (Å²) < 4.78 is 5.78. The molecule has 0 aliphatic carbocycles. The maximum atomic E-state index is 5.78. The lowest BCUT2D eigenvalue weighted by molar-refractivity contribution is -0.0126. The Morgan fingerprint density at radius 3 is 1.87 bits per heavy atom. The maximum Gasteiger partial charge on any atom is 0.146 e. The van der Waals surface area contributed by atoms with Crippen molar-refractivity contribution in [2.24, 2.45) is 0 Å². The molecule has 0 aliphatic rings. The zero-order valence-electron chi connectivity index (χ0n) is 10.7. The van der Waals surface area contributed by atoms with Crippen LogP contribution in [0.4, 0.5) is 0 Å². The molecule has 0 bridgehead atoms. The first-order valence-corrected chi connectivity index (χ1v) is 5.89. The first kappa shape index (κ1) is 14.8. The second-order valence-corrected chi connectivity index (χ2v) is 3.60. The number of ether oxygens (including phenoxy) is 1. The lowest BCUT2D eigenvalue weighted by Gasteiger charge is -2.29. The second kappa shape index (κ2) is 9.09. The van der Waals surface area contributed by atoms with E-state index < -0.39 is 0 Å². The number of rotatable bonds is 9. The van der Waals surface area contributed by atoms with Crippen molar-refractivity contribution in [2.75, 3.05) is 19.6 Å². The van der Waals surface area contributed by atoms with Gasteiger partial charge in [0.15, 0.2) is 0 Å². The molecule has 15 heavy (non-hydrogen) atoms. The van der Waals surface area contributed by atoms with E-state index in [1.807, 2.05) is 13.8 Å². The summed E-state index contributed by atoms with van der Waals surface area (Å²) in [6.45, 7) is 13.0. The van der Waals surface area contributed by atoms with Crippen LogP contribution in [0.1, 0.15) is 34.6 Å². The van der Waals surface area contributed by atoms with Gasteiger partial charge in [-0.05, 0) is 33.5 Å². The van der Waals surface area contributed by atoms with Crippen LogP contribution < -0.4 is 16.0 Å². The van der Waals surface area contributed by atoms with Crippen LogP contribution in [-0.2, 0) is 4.74 Å². The van der Waals surface area contributed by atoms with Gasteiger partial charge in [-0.15, -0.1) is 0 Å². The van der Waals surface area contributed by atoms with Gasteiger partial charge in [0.05, 0.1) is 6.10 Å². The van der Waals surface area contributed by atoms with Crippen molar-refractivity contribution in [2.45, 2.75) is 47.0 Å². The molecule has 0 aromatic rings. The van der Waals surface area contributed by atoms with E-state index in [0.717, 1.165) is 25.8 Å². The van der Waals surface area contributed by atoms with Crippen LogP contribution in [-0.4, -0.2) is 32.0 Å². The standard InChI is InChI=1S/C11H26N3O/c1-6-12-10(13-7-2)11(14-8-3)15-9(4)5/h9,11-14H,6-8H2,1-5H3. The van der Waals surface area contributed by atoms with Crippen LogP contribution in [0.15, 0.2) is 0 Å². The van der Waals surface area contributed by atoms with E-state index in [-0.39, 0.29) is 12.3 Å². The van der Waals surface area contributed by atoms with Crippen LogP contribution in [0.25, 0.3) is 0 Å². The Labute approximate surface area is 94.2 Å². The van der Waals surface area contributed by atoms with Crippen molar-refractivity contribution >= 4 is 0 Å². The SMILES string of the molecule is CCN[C](NCC)C(NCC)OC(C)C. The Morgan fingerprint density at radius 2 is 1.53 bits per heavy atom. The van der Waals surface area contributed by atoms with E-state index in [9.17, 15) is 0 Å². The fourth-order valence-corrected chi connectivity index (χ4v) is 1.30. The Morgan fingerprint density at radius 1 is 1.00 bits per heavy atom. The second-order valence-electron chi connectivity index (χ2n) is 3.60. The average Bonchev–Trinajstić information content (AvgIpc) is 2.16. The third kappa shape index (κ3) is 6.84. The minimum absolute atomic E-state index is 0.0603. The molecule has 0 fully saturated rings. The summed E-state index contributed by atoms with van der Waals surface area (Å²) >= 11 is 0. The van der Waals surface area contributed by atoms with E-state index >= 15 is 0 Å². The molecule has 0 amide bonds. The largest absolute Gasteiger partial charge is 0.357 e. The van der Waals surface area contributed by atoms with Gasteiger partial charge >= 0.3 is 0 Å². The Balaban J connectivity index is 4.22. The van der Waals surface area contributed by atoms with Gasteiger partial charge in [0.25, 0.3) is 0 Å². The number of nitrogens with one attached hydrogen (secondary N) is 3. The molecule has 1 atom stereocenters. The van der Waals surface area contributed by atoms with E-state index in [2.05, 4.69) is 36.7 Å². The molecule has 91 valence electrons. The van der Waals surface area contributed by atoms with Crippen LogP contribution in [0.2, 0.25) is 0 Å². The van der Waals surface area contributed by atoms with Crippen molar-refractivity contribution in [3.63, 3.8) is 0 Å². The third-order valence-corrected chi connectivity index (χ3v) is 1.79. The topological polar surface area (TPSA) is 45.3 Å². The van der Waals surface area contributed by atoms with E-state index in [1.54, 1.807) is 0 Å². The van der Waals surface area contributed by atoms with Crippen LogP contribution in [0.5, 0.6) is 0 Å². The molecule has 3 N–H and O–H groups in total. The van der Waals surface area contributed by atoms with Gasteiger partial charge in [0.1, 0.15) is 12.4 Å². The highest BCUT2D eigenvalue weighted by Crippen LogP contribution is 2.04. The summed E-state index contributed by atoms with van der Waals surface area (Å²) in [7, 11) is 0. The molecular weight excluding hydrogens is 190 g/mol. The monoisotopic (exact) mass is 216 g/mol. The van der Waals surface area contributed by atoms with Gasteiger partial charge in [-0.1, -0.05) is 20.8 Å². The van der Waals surface area contributed by atoms with Gasteiger partial charge in [-0.25, -0.2) is 0 Å². The molecular formula is C11H26N3O. The number of hydrogen-bond acceptors (Lipinski definition) is 4. The molecule has 1 radical (unpaired) electrons. The molecule has 0 rings (SSSR count). The van der Waals surface area contributed by atoms with E-state index in [0.29, 0.717) is 0 Å². The highest BCUT2D eigenvalue weighted by Gasteiger charge is 2.21. The van der Waals surface area contributed by atoms with Gasteiger partial charge in [-0.2, -0.15) is 0 Å². The highest BCUT2D eigenvalue weighted by atomic mass is 16.5. The minimum Gasteiger partial charge on any atom is -0.357 e. The van der Waals surface area contributed by atoms with Crippen molar-refractivity contribution in [3.05, 3.63) is 6.17 Å². The Hall–Kier alpha value is -0.160. The summed E-state index contributed by atoms with van der Waals surface area (Å²) in [6, 6.07) is 0. The molecule has 0 saturated heterocycles. The smallest absolute Gasteiger partial charge is 0.146 e. The molecule has 4 heteroatoms. The highest BCUT2D eigenvalue weighted by molar-refractivity contribution is 4.91. The molecule has 0 saturated carbocycles. The predicted molar refractivity (Wildman–Crippen MR) is 64.3 cm³/mol. The van der Waals surface area contributed by atoms with E-state index in [1.165, 1.54) is 0 Å². The maximum absolute atomic E-state index is 5.78. The molecule has 0 aliphatic heterocycles. The van der Waals surface area contributed by atoms with Crippen molar-refractivity contribution in [3.8, 4) is 0 Å². The summed E-state index contributed by atoms with van der Waals surface area (Å²) in [5, 5.41) is 9.88. The van der Waals surface area contributed by atoms with Crippen molar-refractivity contribution < 1.29 is 4.74 Å². The zero-order chi connectivity index (χ0) is 11.7. The fourth-order valence-electron chi connectivity index (χ4n) is 1.30. The molecule has 0 aromatic carbocycles. The molecule has 0 spiro atoms. The van der Waals surface area contributed by atoms with Crippen LogP contribution >= 0.6 is 0 Å². The molecule has 0 heterocycles. The van der Waals surface area contributed by atoms with Gasteiger partial charge in [0, 0.05) is 0 Å². The first-order chi connectivity index (χ1) is 7.15. The quantitative estimate of drug-likeness (QED) is 0.504. The fraction of sp³-hybridized carbons (Fsp3) is 0.909. The Bertz CT molecular complexity index is 136. The number of likely N-dealkylation sites (N-methyl/N-ethyl adjacent to an activating group) is 3. The number of hydrogen-bond donors (Lipinski definition) is 3. The summed E-state index contributed by atoms with van der Waals surface area (Å²) in [6.07, 6.45) is 1.17. The minimum atomic E-state index is -0.0603. The van der Waals surface area contributed by atoms with Gasteiger partial charge in [0.2, 0.25) is 0 Å². The third-order valence-electron chi connectivity index (χ3n) is 1.79. The normalized spacial score (nSPS) is 13.8. The van der Waals surface area contributed by atoms with Crippen molar-refractivity contribution in [1.82, 2.24) is 16.0 Å². The van der Waals surface area contributed by atoms with Crippen LogP contribution in [0.3, 0.4) is 0 Å². The summed E-state index contributed by atoms with van der Waals surface area (Å²) in [5.74, 6) is 0. The van der Waals surface area contributed by atoms with Crippen LogP contribution in [0, 0.1) is 6.17 Å². The average molecular weight is 216 g/mol.